The molecule has 122 valence electrons. The summed E-state index contributed by atoms with van der Waals surface area (Å²) in [6.45, 7) is 5.00. The Bertz CT molecular complexity index is 637. The van der Waals surface area contributed by atoms with Gasteiger partial charge in [0.1, 0.15) is 0 Å². The highest BCUT2D eigenvalue weighted by Gasteiger charge is 2.16. The van der Waals surface area contributed by atoms with Gasteiger partial charge in [0.15, 0.2) is 5.82 Å². The van der Waals surface area contributed by atoms with Crippen molar-refractivity contribution in [2.45, 2.75) is 52.0 Å². The second-order valence-electron chi connectivity index (χ2n) is 6.20. The fourth-order valence-corrected chi connectivity index (χ4v) is 3.17. The van der Waals surface area contributed by atoms with Gasteiger partial charge in [-0.05, 0) is 44.4 Å². The maximum atomic E-state index is 4.69. The van der Waals surface area contributed by atoms with Crippen molar-refractivity contribution in [3.05, 3.63) is 36.0 Å². The molecule has 0 radical (unpaired) electrons. The van der Waals surface area contributed by atoms with E-state index in [1.54, 1.807) is 6.20 Å². The van der Waals surface area contributed by atoms with Crippen molar-refractivity contribution < 1.29 is 0 Å². The van der Waals surface area contributed by atoms with Crippen LogP contribution in [0, 0.1) is 6.92 Å². The molecule has 0 bridgehead atoms. The lowest BCUT2D eigenvalue weighted by molar-refractivity contribution is 0.461. The SMILES string of the molecule is CCN(c1cccc(C)c1)c1nncc(NC2CCCCC2)n1. The molecule has 1 heterocycles. The molecule has 1 saturated carbocycles. The first-order valence-electron chi connectivity index (χ1n) is 8.56. The van der Waals surface area contributed by atoms with E-state index in [4.69, 9.17) is 0 Å². The van der Waals surface area contributed by atoms with E-state index in [0.29, 0.717) is 12.0 Å². The van der Waals surface area contributed by atoms with E-state index in [1.807, 2.05) is 0 Å². The zero-order valence-electron chi connectivity index (χ0n) is 14.0. The van der Waals surface area contributed by atoms with Crippen LogP contribution in [0.3, 0.4) is 0 Å². The highest BCUT2D eigenvalue weighted by atomic mass is 15.3. The number of hydrogen-bond donors (Lipinski definition) is 1. The summed E-state index contributed by atoms with van der Waals surface area (Å²) in [7, 11) is 0. The quantitative estimate of drug-likeness (QED) is 0.901. The molecule has 0 amide bonds. The lowest BCUT2D eigenvalue weighted by Gasteiger charge is -2.24. The molecule has 1 aromatic heterocycles. The zero-order chi connectivity index (χ0) is 16.1. The summed E-state index contributed by atoms with van der Waals surface area (Å²) in [5.74, 6) is 1.48. The second kappa shape index (κ2) is 7.40. The minimum atomic E-state index is 0.516. The molecule has 0 aliphatic heterocycles. The van der Waals surface area contributed by atoms with E-state index in [1.165, 1.54) is 37.7 Å². The van der Waals surface area contributed by atoms with Gasteiger partial charge in [0.25, 0.3) is 5.95 Å². The van der Waals surface area contributed by atoms with Gasteiger partial charge in [-0.1, -0.05) is 31.4 Å². The standard InChI is InChI=1S/C18H25N5/c1-3-23(16-11-7-8-14(2)12-16)18-21-17(13-19-22-18)20-15-9-5-4-6-10-15/h7-8,11-13,15H,3-6,9-10H2,1-2H3,(H,20,21,22). The molecule has 2 aromatic rings. The minimum Gasteiger partial charge on any atom is -0.366 e. The first-order valence-corrected chi connectivity index (χ1v) is 8.56. The Morgan fingerprint density at radius 1 is 1.22 bits per heavy atom. The molecule has 0 atom stereocenters. The molecule has 3 rings (SSSR count). The monoisotopic (exact) mass is 311 g/mol. The van der Waals surface area contributed by atoms with Gasteiger partial charge in [-0.2, -0.15) is 10.1 Å². The predicted octanol–water partition coefficient (Wildman–Crippen LogP) is 4.08. The van der Waals surface area contributed by atoms with E-state index in [2.05, 4.69) is 63.5 Å². The van der Waals surface area contributed by atoms with Crippen LogP contribution >= 0.6 is 0 Å². The Morgan fingerprint density at radius 2 is 2.04 bits per heavy atom. The Morgan fingerprint density at radius 3 is 2.78 bits per heavy atom. The van der Waals surface area contributed by atoms with Gasteiger partial charge in [-0.15, -0.1) is 5.10 Å². The van der Waals surface area contributed by atoms with E-state index in [-0.39, 0.29) is 0 Å². The minimum absolute atomic E-state index is 0.516. The second-order valence-corrected chi connectivity index (χ2v) is 6.20. The maximum absolute atomic E-state index is 4.69. The fraction of sp³-hybridized carbons (Fsp3) is 0.500. The summed E-state index contributed by atoms with van der Waals surface area (Å²) in [6, 6.07) is 8.90. The third kappa shape index (κ3) is 3.97. The van der Waals surface area contributed by atoms with Crippen molar-refractivity contribution in [2.24, 2.45) is 0 Å². The largest absolute Gasteiger partial charge is 0.366 e. The Hall–Kier alpha value is -2.17. The number of nitrogens with zero attached hydrogens (tertiary/aromatic N) is 4. The molecule has 1 aliphatic rings. The van der Waals surface area contributed by atoms with E-state index in [9.17, 15) is 0 Å². The van der Waals surface area contributed by atoms with E-state index >= 15 is 0 Å². The third-order valence-corrected chi connectivity index (χ3v) is 4.38. The van der Waals surface area contributed by atoms with Gasteiger partial charge < -0.3 is 10.2 Å². The van der Waals surface area contributed by atoms with Crippen LogP contribution in [-0.4, -0.2) is 27.8 Å². The summed E-state index contributed by atoms with van der Waals surface area (Å²) in [5.41, 5.74) is 2.33. The lowest BCUT2D eigenvalue weighted by Crippen LogP contribution is -2.24. The Balaban J connectivity index is 1.79. The van der Waals surface area contributed by atoms with Gasteiger partial charge >= 0.3 is 0 Å². The molecule has 0 saturated heterocycles. The summed E-state index contributed by atoms with van der Waals surface area (Å²) < 4.78 is 0. The van der Waals surface area contributed by atoms with Crippen LogP contribution in [0.4, 0.5) is 17.5 Å². The molecule has 1 aromatic carbocycles. The molecule has 0 unspecified atom stereocenters. The average Bonchev–Trinajstić information content (AvgIpc) is 2.57. The van der Waals surface area contributed by atoms with Crippen molar-refractivity contribution in [3.8, 4) is 0 Å². The molecule has 1 N–H and O–H groups in total. The topological polar surface area (TPSA) is 53.9 Å². The van der Waals surface area contributed by atoms with Crippen LogP contribution in [0.2, 0.25) is 0 Å². The molecular formula is C18H25N5. The van der Waals surface area contributed by atoms with Gasteiger partial charge in [-0.3, -0.25) is 0 Å². The first-order chi connectivity index (χ1) is 11.3. The van der Waals surface area contributed by atoms with Crippen molar-refractivity contribution in [1.82, 2.24) is 15.2 Å². The summed E-state index contributed by atoms with van der Waals surface area (Å²) in [6.07, 6.45) is 8.11. The van der Waals surface area contributed by atoms with Crippen molar-refractivity contribution in [2.75, 3.05) is 16.8 Å². The van der Waals surface area contributed by atoms with E-state index in [0.717, 1.165) is 18.1 Å². The van der Waals surface area contributed by atoms with Gasteiger partial charge in [0.2, 0.25) is 0 Å². The molecular weight excluding hydrogens is 286 g/mol. The first kappa shape index (κ1) is 15.7. The average molecular weight is 311 g/mol. The number of anilines is 3. The smallest absolute Gasteiger partial charge is 0.251 e. The van der Waals surface area contributed by atoms with Crippen LogP contribution < -0.4 is 10.2 Å². The van der Waals surface area contributed by atoms with Crippen LogP contribution in [0.15, 0.2) is 30.5 Å². The third-order valence-electron chi connectivity index (χ3n) is 4.38. The number of nitrogens with one attached hydrogen (secondary N) is 1. The molecule has 1 fully saturated rings. The summed E-state index contributed by atoms with van der Waals surface area (Å²) >= 11 is 0. The van der Waals surface area contributed by atoms with Crippen molar-refractivity contribution >= 4 is 17.5 Å². The highest BCUT2D eigenvalue weighted by Crippen LogP contribution is 2.24. The van der Waals surface area contributed by atoms with Crippen LogP contribution in [-0.2, 0) is 0 Å². The van der Waals surface area contributed by atoms with Crippen LogP contribution in [0.1, 0.15) is 44.6 Å². The van der Waals surface area contributed by atoms with Gasteiger partial charge in [0.05, 0.1) is 6.20 Å². The van der Waals surface area contributed by atoms with Crippen molar-refractivity contribution in [3.63, 3.8) is 0 Å². The Kier molecular flexibility index (Phi) is 5.05. The molecule has 0 spiro atoms. The maximum Gasteiger partial charge on any atom is 0.251 e. The van der Waals surface area contributed by atoms with Crippen molar-refractivity contribution in [1.29, 1.82) is 0 Å². The zero-order valence-corrected chi connectivity index (χ0v) is 14.0. The predicted molar refractivity (Wildman–Crippen MR) is 94.2 cm³/mol. The fourth-order valence-electron chi connectivity index (χ4n) is 3.17. The lowest BCUT2D eigenvalue weighted by atomic mass is 9.96. The number of rotatable bonds is 5. The van der Waals surface area contributed by atoms with Crippen LogP contribution in [0.25, 0.3) is 0 Å². The van der Waals surface area contributed by atoms with Gasteiger partial charge in [-0.25, -0.2) is 0 Å². The molecule has 1 aliphatic carbocycles. The summed E-state index contributed by atoms with van der Waals surface area (Å²) in [4.78, 5) is 6.77. The normalized spacial score (nSPS) is 15.4. The molecule has 5 heteroatoms. The molecule has 23 heavy (non-hydrogen) atoms. The number of aromatic nitrogens is 3. The number of benzene rings is 1. The van der Waals surface area contributed by atoms with E-state index < -0.39 is 0 Å². The Labute approximate surface area is 138 Å². The highest BCUT2D eigenvalue weighted by molar-refractivity contribution is 5.58. The number of hydrogen-bond acceptors (Lipinski definition) is 5. The number of aryl methyl sites for hydroxylation is 1. The van der Waals surface area contributed by atoms with Crippen LogP contribution in [0.5, 0.6) is 0 Å². The summed E-state index contributed by atoms with van der Waals surface area (Å²) in [5, 5.41) is 11.9. The van der Waals surface area contributed by atoms with Gasteiger partial charge in [0, 0.05) is 18.3 Å². The molecule has 5 nitrogen and oxygen atoms in total.